The Morgan fingerprint density at radius 3 is 2.18 bits per heavy atom. The Hall–Kier alpha value is -2.39. The van der Waals surface area contributed by atoms with Crippen LogP contribution < -0.4 is 10.1 Å². The predicted octanol–water partition coefficient (Wildman–Crippen LogP) is 4.66. The largest absolute Gasteiger partial charge is 0.497 e. The molecule has 0 aromatic heterocycles. The molecular formula is C24H24BrClN2O4S. The van der Waals surface area contributed by atoms with Crippen LogP contribution in [0.15, 0.2) is 82.2 Å². The van der Waals surface area contributed by atoms with Crippen LogP contribution in [-0.4, -0.2) is 38.8 Å². The molecule has 1 amide bonds. The number of carbonyl (C=O) groups excluding carboxylic acids is 1. The second-order valence-corrected chi connectivity index (χ2v) is 10.6. The Labute approximate surface area is 207 Å². The van der Waals surface area contributed by atoms with Gasteiger partial charge in [0.25, 0.3) is 0 Å². The number of ether oxygens (including phenoxy) is 1. The summed E-state index contributed by atoms with van der Waals surface area (Å²) < 4.78 is 33.8. The van der Waals surface area contributed by atoms with Crippen molar-refractivity contribution < 1.29 is 17.9 Å². The minimum absolute atomic E-state index is 0.0597. The molecule has 6 nitrogen and oxygen atoms in total. The van der Waals surface area contributed by atoms with E-state index < -0.39 is 10.0 Å². The van der Waals surface area contributed by atoms with Gasteiger partial charge in [-0.2, -0.15) is 4.31 Å². The van der Waals surface area contributed by atoms with Gasteiger partial charge in [0.2, 0.25) is 15.9 Å². The number of amides is 1. The number of rotatable bonds is 10. The molecule has 174 valence electrons. The quantitative estimate of drug-likeness (QED) is 0.398. The lowest BCUT2D eigenvalue weighted by atomic mass is 10.1. The van der Waals surface area contributed by atoms with E-state index in [2.05, 4.69) is 21.2 Å². The highest BCUT2D eigenvalue weighted by molar-refractivity contribution is 9.10. The Morgan fingerprint density at radius 1 is 0.970 bits per heavy atom. The number of hydrogen-bond donors (Lipinski definition) is 1. The summed E-state index contributed by atoms with van der Waals surface area (Å²) in [5, 5.41) is 3.25. The van der Waals surface area contributed by atoms with E-state index in [0.717, 1.165) is 21.3 Å². The highest BCUT2D eigenvalue weighted by atomic mass is 79.9. The van der Waals surface area contributed by atoms with Gasteiger partial charge in [0.1, 0.15) is 5.75 Å². The van der Waals surface area contributed by atoms with Crippen molar-refractivity contribution in [3.8, 4) is 5.75 Å². The van der Waals surface area contributed by atoms with Crippen molar-refractivity contribution in [1.29, 1.82) is 0 Å². The first-order chi connectivity index (χ1) is 15.8. The normalized spacial score (nSPS) is 11.4. The van der Waals surface area contributed by atoms with Gasteiger partial charge in [-0.25, -0.2) is 8.42 Å². The summed E-state index contributed by atoms with van der Waals surface area (Å²) >= 11 is 9.29. The highest BCUT2D eigenvalue weighted by Gasteiger charge is 2.27. The molecule has 3 aromatic rings. The number of methoxy groups -OCH3 is 1. The van der Waals surface area contributed by atoms with E-state index in [1.807, 2.05) is 48.5 Å². The topological polar surface area (TPSA) is 75.7 Å². The second kappa shape index (κ2) is 11.7. The van der Waals surface area contributed by atoms with Crippen molar-refractivity contribution in [3.63, 3.8) is 0 Å². The van der Waals surface area contributed by atoms with Crippen LogP contribution in [0.1, 0.15) is 11.1 Å². The van der Waals surface area contributed by atoms with E-state index in [-0.39, 0.29) is 23.9 Å². The molecule has 0 aliphatic heterocycles. The lowest BCUT2D eigenvalue weighted by molar-refractivity contribution is -0.121. The maximum absolute atomic E-state index is 13.3. The first-order valence-corrected chi connectivity index (χ1v) is 12.8. The molecule has 33 heavy (non-hydrogen) atoms. The fourth-order valence-corrected chi connectivity index (χ4v) is 4.90. The summed E-state index contributed by atoms with van der Waals surface area (Å²) in [6.07, 6.45) is 0.617. The summed E-state index contributed by atoms with van der Waals surface area (Å²) in [6, 6.07) is 20.8. The minimum atomic E-state index is -3.92. The fraction of sp³-hybridized carbons (Fsp3) is 0.208. The number of halogens is 2. The van der Waals surface area contributed by atoms with E-state index in [1.165, 1.54) is 28.6 Å². The summed E-state index contributed by atoms with van der Waals surface area (Å²) in [5.74, 6) is 0.386. The van der Waals surface area contributed by atoms with E-state index in [1.54, 1.807) is 7.11 Å². The van der Waals surface area contributed by atoms with Gasteiger partial charge in [-0.3, -0.25) is 4.79 Å². The molecule has 0 bridgehead atoms. The molecule has 9 heteroatoms. The number of nitrogens with zero attached hydrogens (tertiary/aromatic N) is 1. The number of carbonyl (C=O) groups is 1. The summed E-state index contributed by atoms with van der Waals surface area (Å²) in [5.41, 5.74) is 1.80. The Balaban J connectivity index is 1.70. The second-order valence-electron chi connectivity index (χ2n) is 7.30. The zero-order valence-corrected chi connectivity index (χ0v) is 21.2. The third-order valence-electron chi connectivity index (χ3n) is 4.94. The molecule has 0 saturated heterocycles. The number of benzene rings is 3. The predicted molar refractivity (Wildman–Crippen MR) is 133 cm³/mol. The number of sulfonamides is 1. The lowest BCUT2D eigenvalue weighted by Crippen LogP contribution is -2.40. The SMILES string of the molecule is COc1ccc(CCNC(=O)CN(Cc2ccc(Br)cc2)S(=O)(=O)c2ccc(Cl)cc2)cc1. The van der Waals surface area contributed by atoms with Crippen molar-refractivity contribution in [3.05, 3.63) is 93.4 Å². The zero-order valence-electron chi connectivity index (χ0n) is 18.0. The van der Waals surface area contributed by atoms with Crippen molar-refractivity contribution in [2.24, 2.45) is 0 Å². The molecule has 0 radical (unpaired) electrons. The number of nitrogens with one attached hydrogen (secondary N) is 1. The lowest BCUT2D eigenvalue weighted by Gasteiger charge is -2.22. The molecule has 0 fully saturated rings. The van der Waals surface area contributed by atoms with Crippen molar-refractivity contribution >= 4 is 43.5 Å². The van der Waals surface area contributed by atoms with Crippen LogP contribution in [0.3, 0.4) is 0 Å². The third-order valence-corrected chi connectivity index (χ3v) is 7.53. The van der Waals surface area contributed by atoms with Crippen molar-refractivity contribution in [2.45, 2.75) is 17.9 Å². The molecule has 1 N–H and O–H groups in total. The zero-order chi connectivity index (χ0) is 23.8. The summed E-state index contributed by atoms with van der Waals surface area (Å²) in [4.78, 5) is 12.7. The van der Waals surface area contributed by atoms with E-state index in [0.29, 0.717) is 18.0 Å². The van der Waals surface area contributed by atoms with Crippen LogP contribution in [-0.2, 0) is 27.8 Å². The molecule has 0 heterocycles. The van der Waals surface area contributed by atoms with Crippen LogP contribution in [0.4, 0.5) is 0 Å². The van der Waals surface area contributed by atoms with Crippen LogP contribution >= 0.6 is 27.5 Å². The Morgan fingerprint density at radius 2 is 1.58 bits per heavy atom. The molecule has 3 rings (SSSR count). The van der Waals surface area contributed by atoms with Crippen molar-refractivity contribution in [1.82, 2.24) is 9.62 Å². The van der Waals surface area contributed by atoms with Gasteiger partial charge in [-0.1, -0.05) is 51.8 Å². The maximum atomic E-state index is 13.3. The highest BCUT2D eigenvalue weighted by Crippen LogP contribution is 2.21. The first-order valence-electron chi connectivity index (χ1n) is 10.2. The molecule has 0 spiro atoms. The average molecular weight is 552 g/mol. The van der Waals surface area contributed by atoms with Crippen LogP contribution in [0.25, 0.3) is 0 Å². The maximum Gasteiger partial charge on any atom is 0.243 e. The Kier molecular flexibility index (Phi) is 8.91. The molecule has 0 aliphatic rings. The molecule has 0 saturated carbocycles. The summed E-state index contributed by atoms with van der Waals surface area (Å²) in [7, 11) is -2.31. The van der Waals surface area contributed by atoms with Crippen LogP contribution in [0.5, 0.6) is 5.75 Å². The van der Waals surface area contributed by atoms with E-state index >= 15 is 0 Å². The van der Waals surface area contributed by atoms with E-state index in [4.69, 9.17) is 16.3 Å². The summed E-state index contributed by atoms with van der Waals surface area (Å²) in [6.45, 7) is 0.145. The van der Waals surface area contributed by atoms with Gasteiger partial charge in [0.15, 0.2) is 0 Å². The van der Waals surface area contributed by atoms with Gasteiger partial charge < -0.3 is 10.1 Å². The number of hydrogen-bond acceptors (Lipinski definition) is 4. The molecule has 3 aromatic carbocycles. The first kappa shape index (κ1) is 25.2. The third kappa shape index (κ3) is 7.30. The van der Waals surface area contributed by atoms with Crippen LogP contribution in [0.2, 0.25) is 5.02 Å². The smallest absolute Gasteiger partial charge is 0.243 e. The average Bonchev–Trinajstić information content (AvgIpc) is 2.81. The molecule has 0 atom stereocenters. The van der Waals surface area contributed by atoms with Crippen molar-refractivity contribution in [2.75, 3.05) is 20.2 Å². The molecule has 0 unspecified atom stereocenters. The standard InChI is InChI=1S/C24H24BrClN2O4S/c1-32-22-10-4-18(5-11-22)14-15-27-24(29)17-28(16-19-2-6-20(25)7-3-19)33(30,31)23-12-8-21(26)9-13-23/h2-13H,14-17H2,1H3,(H,27,29). The molecule has 0 aliphatic carbocycles. The van der Waals surface area contributed by atoms with Gasteiger partial charge in [0.05, 0.1) is 18.6 Å². The fourth-order valence-electron chi connectivity index (χ4n) is 3.13. The molecular weight excluding hydrogens is 528 g/mol. The van der Waals surface area contributed by atoms with Gasteiger partial charge >= 0.3 is 0 Å². The van der Waals surface area contributed by atoms with Gasteiger partial charge in [0, 0.05) is 22.6 Å². The van der Waals surface area contributed by atoms with Crippen LogP contribution in [0, 0.1) is 0 Å². The minimum Gasteiger partial charge on any atom is -0.497 e. The Bertz CT molecular complexity index is 1170. The van der Waals surface area contributed by atoms with E-state index in [9.17, 15) is 13.2 Å². The monoisotopic (exact) mass is 550 g/mol. The van der Waals surface area contributed by atoms with Gasteiger partial charge in [-0.15, -0.1) is 0 Å². The van der Waals surface area contributed by atoms with Gasteiger partial charge in [-0.05, 0) is 66.1 Å².